The van der Waals surface area contributed by atoms with Gasteiger partial charge in [-0.05, 0) is 18.8 Å². The van der Waals surface area contributed by atoms with E-state index >= 15 is 0 Å². The van der Waals surface area contributed by atoms with E-state index in [0.717, 1.165) is 30.0 Å². The van der Waals surface area contributed by atoms with Crippen molar-refractivity contribution in [3.63, 3.8) is 0 Å². The maximum Gasteiger partial charge on any atom is 0.221 e. The first-order chi connectivity index (χ1) is 10.0. The summed E-state index contributed by atoms with van der Waals surface area (Å²) in [5.74, 6) is 2.46. The van der Waals surface area contributed by atoms with Crippen LogP contribution in [0.2, 0.25) is 0 Å². The van der Waals surface area contributed by atoms with Crippen LogP contribution in [0.15, 0.2) is 12.5 Å². The lowest BCUT2D eigenvalue weighted by atomic mass is 10.0. The second kappa shape index (κ2) is 6.51. The molecule has 2 rings (SSSR count). The van der Waals surface area contributed by atoms with Crippen molar-refractivity contribution >= 4 is 11.8 Å². The zero-order chi connectivity index (χ0) is 15.4. The molecule has 0 unspecified atom stereocenters. The van der Waals surface area contributed by atoms with Crippen molar-refractivity contribution in [2.75, 3.05) is 11.1 Å². The van der Waals surface area contributed by atoms with Crippen molar-refractivity contribution in [2.24, 2.45) is 13.0 Å². The third-order valence-corrected chi connectivity index (χ3v) is 3.34. The number of hydrogen-bond donors (Lipinski definition) is 2. The Hall–Kier alpha value is -2.18. The topological polar surface area (TPSA) is 94.5 Å². The van der Waals surface area contributed by atoms with Gasteiger partial charge in [0.1, 0.15) is 18.0 Å². The summed E-state index contributed by atoms with van der Waals surface area (Å²) in [6, 6.07) is 0.0390. The Balaban J connectivity index is 2.31. The summed E-state index contributed by atoms with van der Waals surface area (Å²) in [6.07, 6.45) is 5.11. The van der Waals surface area contributed by atoms with Crippen LogP contribution in [0.25, 0.3) is 0 Å². The van der Waals surface area contributed by atoms with Crippen LogP contribution in [0.5, 0.6) is 0 Å². The Bertz CT molecular complexity index is 591. The van der Waals surface area contributed by atoms with Gasteiger partial charge in [0.15, 0.2) is 0 Å². The molecule has 0 aliphatic heterocycles. The summed E-state index contributed by atoms with van der Waals surface area (Å²) < 4.78 is 1.79. The van der Waals surface area contributed by atoms with E-state index in [1.54, 1.807) is 17.2 Å². The van der Waals surface area contributed by atoms with Gasteiger partial charge in [0, 0.05) is 18.8 Å². The van der Waals surface area contributed by atoms with Crippen LogP contribution in [-0.4, -0.2) is 24.7 Å². The summed E-state index contributed by atoms with van der Waals surface area (Å²) in [6.45, 7) is 6.43. The number of hydrogen-bond acceptors (Lipinski definition) is 6. The van der Waals surface area contributed by atoms with E-state index in [9.17, 15) is 0 Å². The minimum atomic E-state index is 0.0390. The maximum atomic E-state index is 5.71. The van der Waals surface area contributed by atoms with E-state index in [1.165, 1.54) is 0 Å². The molecule has 0 aliphatic rings. The van der Waals surface area contributed by atoms with Gasteiger partial charge in [-0.25, -0.2) is 9.97 Å². The number of aryl methyl sites for hydroxylation is 2. The highest BCUT2D eigenvalue weighted by molar-refractivity contribution is 5.47. The minimum Gasteiger partial charge on any atom is -0.368 e. The van der Waals surface area contributed by atoms with Gasteiger partial charge in [0.25, 0.3) is 0 Å². The van der Waals surface area contributed by atoms with E-state index in [1.807, 2.05) is 7.05 Å². The van der Waals surface area contributed by atoms with E-state index in [2.05, 4.69) is 46.1 Å². The number of nitrogens with one attached hydrogen (secondary N) is 1. The SMILES string of the molecule is CCc1cnc(N)nc1N[C@H](CC(C)C)c1ncnn1C. The highest BCUT2D eigenvalue weighted by Crippen LogP contribution is 2.25. The van der Waals surface area contributed by atoms with Crippen LogP contribution in [0, 0.1) is 5.92 Å². The molecule has 0 fully saturated rings. The molecule has 2 aromatic heterocycles. The highest BCUT2D eigenvalue weighted by atomic mass is 15.3. The molecule has 0 aliphatic carbocycles. The molecule has 114 valence electrons. The summed E-state index contributed by atoms with van der Waals surface area (Å²) in [5.41, 5.74) is 6.75. The maximum absolute atomic E-state index is 5.71. The van der Waals surface area contributed by atoms with Crippen LogP contribution < -0.4 is 11.1 Å². The Morgan fingerprint density at radius 1 is 1.33 bits per heavy atom. The zero-order valence-electron chi connectivity index (χ0n) is 13.0. The molecule has 3 N–H and O–H groups in total. The first-order valence-electron chi connectivity index (χ1n) is 7.23. The van der Waals surface area contributed by atoms with Gasteiger partial charge < -0.3 is 11.1 Å². The van der Waals surface area contributed by atoms with Gasteiger partial charge in [-0.1, -0.05) is 20.8 Å². The third-order valence-electron chi connectivity index (χ3n) is 3.34. The molecule has 0 spiro atoms. The molecule has 7 nitrogen and oxygen atoms in total. The third kappa shape index (κ3) is 3.68. The molecule has 0 aromatic carbocycles. The number of nitrogens with zero attached hydrogens (tertiary/aromatic N) is 5. The first-order valence-corrected chi connectivity index (χ1v) is 7.23. The quantitative estimate of drug-likeness (QED) is 0.844. The standard InChI is InChI=1S/C14H23N7/c1-5-10-7-16-14(15)20-12(10)19-11(6-9(2)3)13-17-8-18-21(13)4/h7-9,11H,5-6H2,1-4H3,(H3,15,16,19,20)/t11-/m1/s1. The predicted octanol–water partition coefficient (Wildman–Crippen LogP) is 1.95. The molecular formula is C14H23N7. The molecule has 7 heteroatoms. The molecule has 2 aromatic rings. The van der Waals surface area contributed by atoms with Gasteiger partial charge in [-0.2, -0.15) is 10.1 Å². The number of anilines is 2. The van der Waals surface area contributed by atoms with Crippen LogP contribution in [0.1, 0.15) is 44.6 Å². The van der Waals surface area contributed by atoms with Crippen molar-refractivity contribution < 1.29 is 0 Å². The zero-order valence-corrected chi connectivity index (χ0v) is 13.0. The molecule has 1 atom stereocenters. The fraction of sp³-hybridized carbons (Fsp3) is 0.571. The van der Waals surface area contributed by atoms with Crippen LogP contribution in [0.3, 0.4) is 0 Å². The number of aromatic nitrogens is 5. The fourth-order valence-corrected chi connectivity index (χ4v) is 2.29. The minimum absolute atomic E-state index is 0.0390. The summed E-state index contributed by atoms with van der Waals surface area (Å²) in [5, 5.41) is 7.61. The molecule has 0 bridgehead atoms. The largest absolute Gasteiger partial charge is 0.368 e. The lowest BCUT2D eigenvalue weighted by Crippen LogP contribution is -2.20. The Morgan fingerprint density at radius 2 is 2.10 bits per heavy atom. The predicted molar refractivity (Wildman–Crippen MR) is 82.6 cm³/mol. The lowest BCUT2D eigenvalue weighted by molar-refractivity contribution is 0.497. The Kier molecular flexibility index (Phi) is 4.72. The van der Waals surface area contributed by atoms with E-state index < -0.39 is 0 Å². The number of nitrogens with two attached hydrogens (primary N) is 1. The average Bonchev–Trinajstić information content (AvgIpc) is 2.84. The van der Waals surface area contributed by atoms with Crippen LogP contribution in [-0.2, 0) is 13.5 Å². The average molecular weight is 289 g/mol. The van der Waals surface area contributed by atoms with Crippen LogP contribution >= 0.6 is 0 Å². The summed E-state index contributed by atoms with van der Waals surface area (Å²) in [7, 11) is 1.90. The van der Waals surface area contributed by atoms with Gasteiger partial charge in [-0.3, -0.25) is 4.68 Å². The van der Waals surface area contributed by atoms with Crippen LogP contribution in [0.4, 0.5) is 11.8 Å². The second-order valence-electron chi connectivity index (χ2n) is 5.52. The van der Waals surface area contributed by atoms with Gasteiger partial charge in [-0.15, -0.1) is 0 Å². The fourth-order valence-electron chi connectivity index (χ4n) is 2.29. The molecular weight excluding hydrogens is 266 g/mol. The van der Waals surface area contributed by atoms with E-state index in [4.69, 9.17) is 5.73 Å². The lowest BCUT2D eigenvalue weighted by Gasteiger charge is -2.21. The van der Waals surface area contributed by atoms with Gasteiger partial charge in [0.2, 0.25) is 5.95 Å². The smallest absolute Gasteiger partial charge is 0.221 e. The highest BCUT2D eigenvalue weighted by Gasteiger charge is 2.20. The van der Waals surface area contributed by atoms with E-state index in [-0.39, 0.29) is 12.0 Å². The molecule has 0 saturated carbocycles. The van der Waals surface area contributed by atoms with Crippen molar-refractivity contribution in [2.45, 2.75) is 39.7 Å². The molecule has 0 saturated heterocycles. The Labute approximate surface area is 125 Å². The molecule has 2 heterocycles. The monoisotopic (exact) mass is 289 g/mol. The van der Waals surface area contributed by atoms with Crippen molar-refractivity contribution in [1.82, 2.24) is 24.7 Å². The van der Waals surface area contributed by atoms with Crippen molar-refractivity contribution in [3.05, 3.63) is 23.9 Å². The molecule has 0 radical (unpaired) electrons. The normalized spacial score (nSPS) is 12.6. The van der Waals surface area contributed by atoms with E-state index in [0.29, 0.717) is 5.92 Å². The second-order valence-corrected chi connectivity index (χ2v) is 5.52. The number of nitrogen functional groups attached to an aromatic ring is 1. The van der Waals surface area contributed by atoms with Gasteiger partial charge >= 0.3 is 0 Å². The van der Waals surface area contributed by atoms with Crippen molar-refractivity contribution in [1.29, 1.82) is 0 Å². The van der Waals surface area contributed by atoms with Gasteiger partial charge in [0.05, 0.1) is 6.04 Å². The summed E-state index contributed by atoms with van der Waals surface area (Å²) >= 11 is 0. The van der Waals surface area contributed by atoms with Crippen molar-refractivity contribution in [3.8, 4) is 0 Å². The number of rotatable bonds is 6. The molecule has 21 heavy (non-hydrogen) atoms. The summed E-state index contributed by atoms with van der Waals surface area (Å²) in [4.78, 5) is 12.7. The molecule has 0 amide bonds. The Morgan fingerprint density at radius 3 is 2.67 bits per heavy atom. The first kappa shape index (κ1) is 15.2.